The van der Waals surface area contributed by atoms with Gasteiger partial charge < -0.3 is 4.74 Å². The second-order valence-corrected chi connectivity index (χ2v) is 5.06. The summed E-state index contributed by atoms with van der Waals surface area (Å²) in [4.78, 5) is 11.0. The van der Waals surface area contributed by atoms with Crippen molar-refractivity contribution in [1.82, 2.24) is 9.78 Å². The molecule has 20 heavy (non-hydrogen) atoms. The standard InChI is InChI=1S/C14H14Cl2N2O2/c1-3-18-12(14(16)9(2)17-18)8-20-13-5-4-11(15)6-10(13)7-19/h4-7H,3,8H2,1-2H3. The zero-order valence-corrected chi connectivity index (χ0v) is 12.7. The van der Waals surface area contributed by atoms with Gasteiger partial charge >= 0.3 is 0 Å². The van der Waals surface area contributed by atoms with Crippen molar-refractivity contribution >= 4 is 29.5 Å². The lowest BCUT2D eigenvalue weighted by atomic mass is 10.2. The first kappa shape index (κ1) is 14.9. The number of hydrogen-bond donors (Lipinski definition) is 0. The van der Waals surface area contributed by atoms with Gasteiger partial charge in [0.15, 0.2) is 6.29 Å². The quantitative estimate of drug-likeness (QED) is 0.786. The van der Waals surface area contributed by atoms with Crippen molar-refractivity contribution in [2.24, 2.45) is 0 Å². The molecule has 2 rings (SSSR count). The van der Waals surface area contributed by atoms with Crippen LogP contribution in [0.2, 0.25) is 10.0 Å². The van der Waals surface area contributed by atoms with Gasteiger partial charge in [-0.25, -0.2) is 0 Å². The van der Waals surface area contributed by atoms with Crippen LogP contribution < -0.4 is 4.74 Å². The van der Waals surface area contributed by atoms with Crippen LogP contribution in [0.3, 0.4) is 0 Å². The normalized spacial score (nSPS) is 10.6. The van der Waals surface area contributed by atoms with Gasteiger partial charge in [-0.1, -0.05) is 23.2 Å². The Morgan fingerprint density at radius 1 is 1.40 bits per heavy atom. The Hall–Kier alpha value is -1.52. The van der Waals surface area contributed by atoms with E-state index in [4.69, 9.17) is 27.9 Å². The predicted molar refractivity (Wildman–Crippen MR) is 78.8 cm³/mol. The van der Waals surface area contributed by atoms with Gasteiger partial charge in [0, 0.05) is 11.6 Å². The van der Waals surface area contributed by atoms with Gasteiger partial charge in [-0.3, -0.25) is 9.48 Å². The van der Waals surface area contributed by atoms with E-state index in [9.17, 15) is 4.79 Å². The number of carbonyl (C=O) groups is 1. The second kappa shape index (κ2) is 6.29. The van der Waals surface area contributed by atoms with Crippen LogP contribution in [-0.4, -0.2) is 16.1 Å². The smallest absolute Gasteiger partial charge is 0.153 e. The summed E-state index contributed by atoms with van der Waals surface area (Å²) in [6.45, 7) is 4.77. The molecule has 0 saturated carbocycles. The van der Waals surface area contributed by atoms with Gasteiger partial charge in [-0.2, -0.15) is 5.10 Å². The van der Waals surface area contributed by atoms with Gasteiger partial charge in [0.05, 0.1) is 22.0 Å². The summed E-state index contributed by atoms with van der Waals surface area (Å²) < 4.78 is 7.46. The molecule has 4 nitrogen and oxygen atoms in total. The largest absolute Gasteiger partial charge is 0.487 e. The van der Waals surface area contributed by atoms with Gasteiger partial charge in [0.2, 0.25) is 0 Å². The number of halogens is 2. The minimum absolute atomic E-state index is 0.246. The lowest BCUT2D eigenvalue weighted by Gasteiger charge is -2.10. The van der Waals surface area contributed by atoms with E-state index in [-0.39, 0.29) is 6.61 Å². The van der Waals surface area contributed by atoms with E-state index in [1.165, 1.54) is 0 Å². The van der Waals surface area contributed by atoms with Crippen LogP contribution in [0.25, 0.3) is 0 Å². The summed E-state index contributed by atoms with van der Waals surface area (Å²) in [6.07, 6.45) is 0.713. The number of nitrogens with zero attached hydrogens (tertiary/aromatic N) is 2. The van der Waals surface area contributed by atoms with Crippen molar-refractivity contribution < 1.29 is 9.53 Å². The molecule has 106 valence electrons. The van der Waals surface area contributed by atoms with Crippen LogP contribution in [-0.2, 0) is 13.2 Å². The predicted octanol–water partition coefficient (Wildman–Crippen LogP) is 3.91. The van der Waals surface area contributed by atoms with Crippen LogP contribution in [0.5, 0.6) is 5.75 Å². The molecule has 0 spiro atoms. The van der Waals surface area contributed by atoms with Gasteiger partial charge in [0.1, 0.15) is 12.4 Å². The molecular formula is C14H14Cl2N2O2. The summed E-state index contributed by atoms with van der Waals surface area (Å²) in [5.74, 6) is 0.474. The van der Waals surface area contributed by atoms with Crippen molar-refractivity contribution in [2.75, 3.05) is 0 Å². The van der Waals surface area contributed by atoms with E-state index in [2.05, 4.69) is 5.10 Å². The van der Waals surface area contributed by atoms with Crippen LogP contribution in [0.15, 0.2) is 18.2 Å². The number of rotatable bonds is 5. The first-order valence-electron chi connectivity index (χ1n) is 6.16. The molecule has 0 amide bonds. The molecule has 6 heteroatoms. The van der Waals surface area contributed by atoms with Crippen molar-refractivity contribution in [3.63, 3.8) is 0 Å². The molecule has 0 N–H and O–H groups in total. The van der Waals surface area contributed by atoms with E-state index in [1.807, 2.05) is 13.8 Å². The molecule has 0 saturated heterocycles. The Morgan fingerprint density at radius 2 is 2.15 bits per heavy atom. The van der Waals surface area contributed by atoms with Crippen molar-refractivity contribution in [3.8, 4) is 5.75 Å². The SMILES string of the molecule is CCn1nc(C)c(Cl)c1COc1ccc(Cl)cc1C=O. The Morgan fingerprint density at radius 3 is 2.80 bits per heavy atom. The minimum Gasteiger partial charge on any atom is -0.487 e. The third-order valence-corrected chi connectivity index (χ3v) is 3.64. The van der Waals surface area contributed by atoms with Crippen molar-refractivity contribution in [3.05, 3.63) is 45.2 Å². The summed E-state index contributed by atoms with van der Waals surface area (Å²) in [6, 6.07) is 4.90. The third-order valence-electron chi connectivity index (χ3n) is 2.92. The molecular weight excluding hydrogens is 299 g/mol. The number of benzene rings is 1. The van der Waals surface area contributed by atoms with E-state index in [0.29, 0.717) is 34.2 Å². The van der Waals surface area contributed by atoms with Crippen LogP contribution in [0.4, 0.5) is 0 Å². The van der Waals surface area contributed by atoms with E-state index in [1.54, 1.807) is 22.9 Å². The number of aldehydes is 1. The lowest BCUT2D eigenvalue weighted by molar-refractivity contribution is 0.111. The molecule has 1 heterocycles. The Bertz CT molecular complexity index is 638. The van der Waals surface area contributed by atoms with Gasteiger partial charge in [0.25, 0.3) is 0 Å². The molecule has 0 bridgehead atoms. The Balaban J connectivity index is 2.23. The van der Waals surface area contributed by atoms with Gasteiger partial charge in [-0.15, -0.1) is 0 Å². The molecule has 1 aromatic heterocycles. The molecule has 2 aromatic rings. The van der Waals surface area contributed by atoms with E-state index in [0.717, 1.165) is 11.4 Å². The summed E-state index contributed by atoms with van der Waals surface area (Å²) in [5.41, 5.74) is 1.96. The molecule has 1 aromatic carbocycles. The number of ether oxygens (including phenoxy) is 1. The van der Waals surface area contributed by atoms with Crippen LogP contribution >= 0.6 is 23.2 Å². The molecule has 0 radical (unpaired) electrons. The molecule has 0 aliphatic rings. The highest BCUT2D eigenvalue weighted by Gasteiger charge is 2.14. The van der Waals surface area contributed by atoms with Gasteiger partial charge in [-0.05, 0) is 32.0 Å². The second-order valence-electron chi connectivity index (χ2n) is 4.25. The zero-order chi connectivity index (χ0) is 14.7. The summed E-state index contributed by atoms with van der Waals surface area (Å²) in [7, 11) is 0. The maximum Gasteiger partial charge on any atom is 0.153 e. The zero-order valence-electron chi connectivity index (χ0n) is 11.2. The van der Waals surface area contributed by atoms with E-state index < -0.39 is 0 Å². The first-order chi connectivity index (χ1) is 9.56. The monoisotopic (exact) mass is 312 g/mol. The Labute approximate surface area is 127 Å². The number of aromatic nitrogens is 2. The lowest BCUT2D eigenvalue weighted by Crippen LogP contribution is -2.07. The highest BCUT2D eigenvalue weighted by molar-refractivity contribution is 6.32. The van der Waals surface area contributed by atoms with E-state index >= 15 is 0 Å². The fourth-order valence-electron chi connectivity index (χ4n) is 1.90. The maximum absolute atomic E-state index is 11.0. The van der Waals surface area contributed by atoms with Crippen LogP contribution in [0.1, 0.15) is 28.7 Å². The topological polar surface area (TPSA) is 44.1 Å². The highest BCUT2D eigenvalue weighted by atomic mass is 35.5. The maximum atomic E-state index is 11.0. The molecule has 0 fully saturated rings. The van der Waals surface area contributed by atoms with Crippen LogP contribution in [0, 0.1) is 6.92 Å². The summed E-state index contributed by atoms with van der Waals surface area (Å²) >= 11 is 12.0. The Kier molecular flexibility index (Phi) is 4.68. The fraction of sp³-hybridized carbons (Fsp3) is 0.286. The fourth-order valence-corrected chi connectivity index (χ4v) is 2.27. The molecule has 0 aliphatic heterocycles. The molecule has 0 aliphatic carbocycles. The number of carbonyl (C=O) groups excluding carboxylic acids is 1. The highest BCUT2D eigenvalue weighted by Crippen LogP contribution is 2.25. The third kappa shape index (κ3) is 2.97. The number of hydrogen-bond acceptors (Lipinski definition) is 3. The minimum atomic E-state index is 0.246. The molecule has 0 unspecified atom stereocenters. The summed E-state index contributed by atoms with van der Waals surface area (Å²) in [5, 5.41) is 5.40. The average molecular weight is 313 g/mol. The number of aryl methyl sites for hydroxylation is 2. The van der Waals surface area contributed by atoms with Crippen molar-refractivity contribution in [2.45, 2.75) is 27.0 Å². The molecule has 0 atom stereocenters. The first-order valence-corrected chi connectivity index (χ1v) is 6.91. The van der Waals surface area contributed by atoms with Crippen molar-refractivity contribution in [1.29, 1.82) is 0 Å². The average Bonchev–Trinajstić information content (AvgIpc) is 2.72.